The lowest BCUT2D eigenvalue weighted by Gasteiger charge is -2.27. The van der Waals surface area contributed by atoms with Gasteiger partial charge in [-0.25, -0.2) is 8.78 Å². The van der Waals surface area contributed by atoms with Crippen LogP contribution in [-0.2, 0) is 0 Å². The van der Waals surface area contributed by atoms with E-state index in [1.165, 1.54) is 6.07 Å². The van der Waals surface area contributed by atoms with Crippen LogP contribution in [-0.4, -0.2) is 12.7 Å². The summed E-state index contributed by atoms with van der Waals surface area (Å²) in [6.07, 6.45) is 0.618. The Kier molecular flexibility index (Phi) is 8.16. The van der Waals surface area contributed by atoms with E-state index in [-0.39, 0.29) is 23.5 Å². The van der Waals surface area contributed by atoms with E-state index in [1.807, 2.05) is 49.4 Å². The zero-order valence-corrected chi connectivity index (χ0v) is 22.6. The summed E-state index contributed by atoms with van der Waals surface area (Å²) < 4.78 is 38.7. The van der Waals surface area contributed by atoms with Crippen LogP contribution in [0.1, 0.15) is 62.9 Å². The lowest BCUT2D eigenvalue weighted by molar-refractivity contribution is 0.128. The van der Waals surface area contributed by atoms with Gasteiger partial charge in [-0.05, 0) is 80.3 Å². The van der Waals surface area contributed by atoms with E-state index in [9.17, 15) is 18.4 Å². The first-order chi connectivity index (χ1) is 18.5. The maximum absolute atomic E-state index is 14.1. The molecule has 0 aliphatic carbocycles. The second kappa shape index (κ2) is 11.4. The molecular weight excluding hydrogens is 502 g/mol. The fourth-order valence-electron chi connectivity index (χ4n) is 4.39. The first-order valence-corrected chi connectivity index (χ1v) is 12.7. The van der Waals surface area contributed by atoms with E-state index in [1.54, 1.807) is 40.0 Å². The zero-order chi connectivity index (χ0) is 28.3. The summed E-state index contributed by atoms with van der Waals surface area (Å²) in [7, 11) is 1.59. The van der Waals surface area contributed by atoms with Crippen molar-refractivity contribution in [3.63, 3.8) is 0 Å². The van der Waals surface area contributed by atoms with Gasteiger partial charge >= 0.3 is 0 Å². The van der Waals surface area contributed by atoms with E-state index >= 15 is 0 Å². The summed E-state index contributed by atoms with van der Waals surface area (Å²) in [4.78, 5) is 24.5. The molecule has 4 aromatic carbocycles. The Hall–Kier alpha value is -4.04. The molecule has 2 N–H and O–H groups in total. The molecule has 0 spiro atoms. The maximum Gasteiger partial charge on any atom is 0.272 e. The number of hydrogen-bond donors (Lipinski definition) is 2. The topological polar surface area (TPSA) is 76.7 Å². The number of hydrogen-bond acceptors (Lipinski definition) is 6. The van der Waals surface area contributed by atoms with Crippen LogP contribution < -0.4 is 31.0 Å². The average Bonchev–Trinajstić information content (AvgIpc) is 2.92. The predicted molar refractivity (Wildman–Crippen MR) is 149 cm³/mol. The monoisotopic (exact) mass is 534 g/mol. The summed E-state index contributed by atoms with van der Waals surface area (Å²) in [6.45, 7) is 7.37. The molecule has 2 unspecified atom stereocenters. The Morgan fingerprint density at radius 2 is 1.54 bits per heavy atom. The highest BCUT2D eigenvalue weighted by atomic mass is 19.2. The van der Waals surface area contributed by atoms with E-state index < -0.39 is 28.1 Å². The van der Waals surface area contributed by atoms with E-state index in [0.29, 0.717) is 23.4 Å². The fourth-order valence-corrected chi connectivity index (χ4v) is 4.39. The molecule has 6 nitrogen and oxygen atoms in total. The van der Waals surface area contributed by atoms with Gasteiger partial charge in [-0.3, -0.25) is 14.9 Å². The Morgan fingerprint density at radius 1 is 0.846 bits per heavy atom. The molecular formula is C31H32F2N2O4. The molecule has 8 heteroatoms. The van der Waals surface area contributed by atoms with Gasteiger partial charge in [0.2, 0.25) is 0 Å². The van der Waals surface area contributed by atoms with Crippen LogP contribution in [0.15, 0.2) is 76.3 Å². The molecule has 0 fully saturated rings. The molecule has 0 heterocycles. The summed E-state index contributed by atoms with van der Waals surface area (Å²) in [5, 5.41) is 6.64. The largest absolute Gasteiger partial charge is 0.497 e. The zero-order valence-electron chi connectivity index (χ0n) is 22.6. The molecule has 0 amide bonds. The molecule has 0 saturated carbocycles. The molecule has 0 aliphatic rings. The third-order valence-corrected chi connectivity index (χ3v) is 6.34. The van der Waals surface area contributed by atoms with Crippen molar-refractivity contribution in [1.29, 1.82) is 0 Å². The minimum absolute atomic E-state index is 0.0205. The van der Waals surface area contributed by atoms with Crippen molar-refractivity contribution in [1.82, 2.24) is 5.32 Å². The van der Waals surface area contributed by atoms with Crippen LogP contribution in [0.25, 0.3) is 0 Å². The average molecular weight is 535 g/mol. The van der Waals surface area contributed by atoms with E-state index in [2.05, 4.69) is 10.6 Å². The molecule has 0 bridgehead atoms. The Labute approximate surface area is 226 Å². The lowest BCUT2D eigenvalue weighted by atomic mass is 9.95. The van der Waals surface area contributed by atoms with Gasteiger partial charge in [0.25, 0.3) is 10.9 Å². The third-order valence-electron chi connectivity index (χ3n) is 6.34. The smallest absolute Gasteiger partial charge is 0.272 e. The van der Waals surface area contributed by atoms with Crippen molar-refractivity contribution in [3.8, 4) is 11.5 Å². The minimum Gasteiger partial charge on any atom is -0.497 e. The number of benzene rings is 3. The molecule has 204 valence electrons. The second-order valence-corrected chi connectivity index (χ2v) is 10.3. The van der Waals surface area contributed by atoms with Gasteiger partial charge in [0, 0.05) is 11.7 Å². The highest BCUT2D eigenvalue weighted by Gasteiger charge is 2.27. The molecule has 0 radical (unpaired) electrons. The van der Waals surface area contributed by atoms with Gasteiger partial charge in [0.15, 0.2) is 17.4 Å². The highest BCUT2D eigenvalue weighted by Crippen LogP contribution is 2.32. The van der Waals surface area contributed by atoms with Crippen LogP contribution in [0.3, 0.4) is 0 Å². The molecule has 0 aliphatic heterocycles. The summed E-state index contributed by atoms with van der Waals surface area (Å²) in [5.74, 6) is -1.08. The Bertz CT molecular complexity index is 1520. The van der Waals surface area contributed by atoms with E-state index in [4.69, 9.17) is 9.47 Å². The Balaban J connectivity index is 1.70. The van der Waals surface area contributed by atoms with Crippen LogP contribution >= 0.6 is 0 Å². The van der Waals surface area contributed by atoms with Crippen molar-refractivity contribution >= 4 is 11.4 Å². The Morgan fingerprint density at radius 3 is 2.15 bits per heavy atom. The first kappa shape index (κ1) is 28.0. The van der Waals surface area contributed by atoms with Crippen LogP contribution in [0, 0.1) is 11.6 Å². The van der Waals surface area contributed by atoms with Gasteiger partial charge in [-0.1, -0.05) is 37.3 Å². The highest BCUT2D eigenvalue weighted by molar-refractivity contribution is 5.70. The normalized spacial score (nSPS) is 13.2. The van der Waals surface area contributed by atoms with Gasteiger partial charge in [-0.15, -0.1) is 0 Å². The number of methoxy groups -OCH3 is 1. The number of rotatable bonds is 10. The van der Waals surface area contributed by atoms with Crippen molar-refractivity contribution in [3.05, 3.63) is 116 Å². The minimum atomic E-state index is -0.902. The van der Waals surface area contributed by atoms with Gasteiger partial charge in [0.1, 0.15) is 17.0 Å². The van der Waals surface area contributed by atoms with Crippen molar-refractivity contribution in [2.45, 2.75) is 51.8 Å². The maximum atomic E-state index is 14.1. The van der Waals surface area contributed by atoms with Crippen LogP contribution in [0.2, 0.25) is 0 Å². The number of ether oxygens (including phenoxy) is 2. The molecule has 39 heavy (non-hydrogen) atoms. The summed E-state index contributed by atoms with van der Waals surface area (Å²) in [5.41, 5.74) is 1.18. The quantitative estimate of drug-likeness (QED) is 0.232. The van der Waals surface area contributed by atoms with Crippen molar-refractivity contribution < 1.29 is 18.3 Å². The molecule has 4 aromatic rings. The first-order valence-electron chi connectivity index (χ1n) is 12.7. The fraction of sp³-hybridized carbons (Fsp3) is 0.290. The molecule has 0 saturated heterocycles. The lowest BCUT2D eigenvalue weighted by Crippen LogP contribution is -2.39. The number of anilines is 2. The second-order valence-electron chi connectivity index (χ2n) is 10.3. The molecule has 4 rings (SSSR count). The van der Waals surface area contributed by atoms with Gasteiger partial charge < -0.3 is 14.8 Å². The van der Waals surface area contributed by atoms with Crippen molar-refractivity contribution in [2.24, 2.45) is 0 Å². The predicted octanol–water partition coefficient (Wildman–Crippen LogP) is 6.32. The summed E-state index contributed by atoms with van der Waals surface area (Å²) in [6, 6.07) is 18.3. The number of nitrogens with one attached hydrogen (secondary N) is 2. The molecule has 0 aromatic heterocycles. The third kappa shape index (κ3) is 6.34. The van der Waals surface area contributed by atoms with Gasteiger partial charge in [-0.2, -0.15) is 0 Å². The standard InChI is InChI=1S/C31H32F2N2O4/c1-6-25(19-12-15-23(32)24(33)17-19)35-26(18-10-13-22(38-5)14-11-18)20-8-7-9-21(16-20)34-27-28(36)29(37)30(27)39-31(2,3)4/h7-17,25-26,34-35H,6H2,1-5H3. The van der Waals surface area contributed by atoms with E-state index in [0.717, 1.165) is 17.2 Å². The van der Waals surface area contributed by atoms with Crippen LogP contribution in [0.4, 0.5) is 20.2 Å². The number of halogens is 2. The molecule has 2 atom stereocenters. The van der Waals surface area contributed by atoms with Crippen molar-refractivity contribution in [2.75, 3.05) is 12.4 Å². The summed E-state index contributed by atoms with van der Waals surface area (Å²) >= 11 is 0. The van der Waals surface area contributed by atoms with Crippen LogP contribution in [0.5, 0.6) is 11.5 Å². The van der Waals surface area contributed by atoms with Gasteiger partial charge in [0.05, 0.1) is 13.2 Å². The SMILES string of the molecule is CCC(NC(c1ccc(OC)cc1)c1cccc(Nc2c(OC(C)(C)C)c(=O)c2=O)c1)c1ccc(F)c(F)c1.